The van der Waals surface area contributed by atoms with Gasteiger partial charge in [0.25, 0.3) is 5.91 Å². The number of hydrogen-bond donors (Lipinski definition) is 2. The van der Waals surface area contributed by atoms with E-state index < -0.39 is 0 Å². The van der Waals surface area contributed by atoms with Crippen molar-refractivity contribution in [2.45, 2.75) is 6.92 Å². The third kappa shape index (κ3) is 2.14. The highest BCUT2D eigenvalue weighted by Gasteiger charge is 2.08. The van der Waals surface area contributed by atoms with E-state index >= 15 is 0 Å². The molecule has 84 valence electrons. The van der Waals surface area contributed by atoms with E-state index in [1.165, 1.54) is 12.7 Å². The number of fused-ring (bicyclic) bond motifs is 1. The van der Waals surface area contributed by atoms with Gasteiger partial charge in [-0.15, -0.1) is 0 Å². The standard InChI is InChI=1S/C9H11N5O2/c1-2-16-3-6(15)14-9-7-8(11-4-10-7)12-5-13-9/h4-5H,2-3H2,1H3,(H2,10,11,12,13,14,15). The molecule has 2 aromatic heterocycles. The normalized spacial score (nSPS) is 10.6. The average Bonchev–Trinajstić information content (AvgIpc) is 2.75. The first-order valence-corrected chi connectivity index (χ1v) is 4.83. The highest BCUT2D eigenvalue weighted by atomic mass is 16.5. The maximum Gasteiger partial charge on any atom is 0.251 e. The maximum atomic E-state index is 11.4. The highest BCUT2D eigenvalue weighted by Crippen LogP contribution is 2.13. The zero-order valence-corrected chi connectivity index (χ0v) is 8.73. The number of carbonyl (C=O) groups is 1. The second-order valence-electron chi connectivity index (χ2n) is 3.01. The lowest BCUT2D eigenvalue weighted by molar-refractivity contribution is -0.120. The van der Waals surface area contributed by atoms with Crippen molar-refractivity contribution in [1.82, 2.24) is 19.9 Å². The molecule has 0 saturated carbocycles. The van der Waals surface area contributed by atoms with Crippen LogP contribution in [0.3, 0.4) is 0 Å². The molecule has 0 saturated heterocycles. The molecule has 2 rings (SSSR count). The molecule has 0 spiro atoms. The lowest BCUT2D eigenvalue weighted by atomic mass is 10.5. The van der Waals surface area contributed by atoms with Crippen molar-refractivity contribution in [1.29, 1.82) is 0 Å². The summed E-state index contributed by atoms with van der Waals surface area (Å²) in [5, 5.41) is 2.62. The lowest BCUT2D eigenvalue weighted by Gasteiger charge is -2.04. The summed E-state index contributed by atoms with van der Waals surface area (Å²) in [5.74, 6) is 0.156. The highest BCUT2D eigenvalue weighted by molar-refractivity contribution is 5.97. The second-order valence-corrected chi connectivity index (χ2v) is 3.01. The van der Waals surface area contributed by atoms with Crippen LogP contribution in [0.25, 0.3) is 11.2 Å². The predicted molar refractivity (Wildman–Crippen MR) is 56.8 cm³/mol. The van der Waals surface area contributed by atoms with Crippen molar-refractivity contribution in [3.63, 3.8) is 0 Å². The average molecular weight is 221 g/mol. The summed E-state index contributed by atoms with van der Waals surface area (Å²) in [6.07, 6.45) is 2.84. The molecule has 1 amide bonds. The van der Waals surface area contributed by atoms with Gasteiger partial charge in [-0.2, -0.15) is 0 Å². The molecule has 2 N–H and O–H groups in total. The Bertz CT molecular complexity index is 495. The van der Waals surface area contributed by atoms with Crippen molar-refractivity contribution in [2.24, 2.45) is 0 Å². The molecule has 7 heteroatoms. The summed E-state index contributed by atoms with van der Waals surface area (Å²) in [6.45, 7) is 2.33. The number of anilines is 1. The van der Waals surface area contributed by atoms with E-state index in [2.05, 4.69) is 25.3 Å². The third-order valence-corrected chi connectivity index (χ3v) is 1.92. The van der Waals surface area contributed by atoms with Crippen molar-refractivity contribution < 1.29 is 9.53 Å². The second kappa shape index (κ2) is 4.67. The van der Waals surface area contributed by atoms with E-state index in [4.69, 9.17) is 4.74 Å². The molecule has 0 aromatic carbocycles. The Labute approximate surface area is 91.3 Å². The van der Waals surface area contributed by atoms with Gasteiger partial charge in [-0.25, -0.2) is 15.0 Å². The van der Waals surface area contributed by atoms with Gasteiger partial charge in [0.2, 0.25) is 0 Å². The van der Waals surface area contributed by atoms with Gasteiger partial charge < -0.3 is 15.0 Å². The van der Waals surface area contributed by atoms with Gasteiger partial charge >= 0.3 is 0 Å². The van der Waals surface area contributed by atoms with Crippen LogP contribution in [-0.2, 0) is 9.53 Å². The fraction of sp³-hybridized carbons (Fsp3) is 0.333. The molecule has 0 aliphatic heterocycles. The summed E-state index contributed by atoms with van der Waals surface area (Å²) < 4.78 is 4.98. The molecule has 2 aromatic rings. The first-order valence-electron chi connectivity index (χ1n) is 4.83. The largest absolute Gasteiger partial charge is 0.372 e. The monoisotopic (exact) mass is 221 g/mol. The fourth-order valence-corrected chi connectivity index (χ4v) is 1.22. The van der Waals surface area contributed by atoms with Gasteiger partial charge in [-0.3, -0.25) is 4.79 Å². The molecule has 16 heavy (non-hydrogen) atoms. The zero-order chi connectivity index (χ0) is 11.4. The van der Waals surface area contributed by atoms with E-state index in [0.29, 0.717) is 23.6 Å². The van der Waals surface area contributed by atoms with E-state index in [0.717, 1.165) is 0 Å². The van der Waals surface area contributed by atoms with E-state index in [1.54, 1.807) is 0 Å². The fourth-order valence-electron chi connectivity index (χ4n) is 1.22. The Balaban J connectivity index is 2.14. The lowest BCUT2D eigenvalue weighted by Crippen LogP contribution is -2.19. The van der Waals surface area contributed by atoms with Crippen LogP contribution in [0.15, 0.2) is 12.7 Å². The Hall–Kier alpha value is -2.02. The van der Waals surface area contributed by atoms with E-state index in [-0.39, 0.29) is 12.5 Å². The third-order valence-electron chi connectivity index (χ3n) is 1.92. The predicted octanol–water partition coefficient (Wildman–Crippen LogP) is 0.328. The van der Waals surface area contributed by atoms with E-state index in [9.17, 15) is 4.79 Å². The molecule has 0 bridgehead atoms. The molecule has 0 atom stereocenters. The summed E-state index contributed by atoms with van der Waals surface area (Å²) in [6, 6.07) is 0. The van der Waals surface area contributed by atoms with Gasteiger partial charge in [0, 0.05) is 6.61 Å². The van der Waals surface area contributed by atoms with Crippen LogP contribution < -0.4 is 5.32 Å². The maximum absolute atomic E-state index is 11.4. The number of H-pyrrole nitrogens is 1. The number of aromatic nitrogens is 4. The van der Waals surface area contributed by atoms with Gasteiger partial charge in [0.15, 0.2) is 11.5 Å². The Morgan fingerprint density at radius 3 is 3.19 bits per heavy atom. The number of ether oxygens (including phenoxy) is 1. The molecule has 7 nitrogen and oxygen atoms in total. The molecular weight excluding hydrogens is 210 g/mol. The molecular formula is C9H11N5O2. The number of nitrogens with one attached hydrogen (secondary N) is 2. The Kier molecular flexibility index (Phi) is 3.06. The van der Waals surface area contributed by atoms with Crippen molar-refractivity contribution in [3.05, 3.63) is 12.7 Å². The van der Waals surface area contributed by atoms with Crippen LogP contribution in [0.2, 0.25) is 0 Å². The number of nitrogens with zero attached hydrogens (tertiary/aromatic N) is 3. The number of aromatic amines is 1. The minimum Gasteiger partial charge on any atom is -0.372 e. The molecule has 0 fully saturated rings. The van der Waals surface area contributed by atoms with Crippen LogP contribution in [0, 0.1) is 0 Å². The number of rotatable bonds is 4. The summed E-state index contributed by atoms with van der Waals surface area (Å²) in [5.41, 5.74) is 1.12. The quantitative estimate of drug-likeness (QED) is 0.776. The zero-order valence-electron chi connectivity index (χ0n) is 8.73. The molecule has 0 unspecified atom stereocenters. The molecule has 0 radical (unpaired) electrons. The molecule has 2 heterocycles. The van der Waals surface area contributed by atoms with Crippen molar-refractivity contribution in [3.8, 4) is 0 Å². The van der Waals surface area contributed by atoms with Crippen molar-refractivity contribution in [2.75, 3.05) is 18.5 Å². The molecule has 0 aliphatic carbocycles. The summed E-state index contributed by atoms with van der Waals surface area (Å²) >= 11 is 0. The topological polar surface area (TPSA) is 92.8 Å². The molecule has 0 aliphatic rings. The minimum atomic E-state index is -0.253. The number of hydrogen-bond acceptors (Lipinski definition) is 5. The van der Waals surface area contributed by atoms with Crippen LogP contribution in [0.4, 0.5) is 5.82 Å². The van der Waals surface area contributed by atoms with Gasteiger partial charge in [-0.05, 0) is 6.92 Å². The number of amides is 1. The number of imidazole rings is 1. The van der Waals surface area contributed by atoms with E-state index in [1.807, 2.05) is 6.92 Å². The van der Waals surface area contributed by atoms with Gasteiger partial charge in [-0.1, -0.05) is 0 Å². The first-order chi connectivity index (χ1) is 7.81. The smallest absolute Gasteiger partial charge is 0.251 e. The SMILES string of the molecule is CCOCC(=O)Nc1ncnc2nc[nH]c12. The minimum absolute atomic E-state index is 0.0101. The van der Waals surface area contributed by atoms with Crippen LogP contribution >= 0.6 is 0 Å². The summed E-state index contributed by atoms with van der Waals surface area (Å²) in [4.78, 5) is 26.1. The Morgan fingerprint density at radius 2 is 2.38 bits per heavy atom. The van der Waals surface area contributed by atoms with Gasteiger partial charge in [0.05, 0.1) is 6.33 Å². The van der Waals surface area contributed by atoms with Crippen LogP contribution in [0.1, 0.15) is 6.92 Å². The number of carbonyl (C=O) groups excluding carboxylic acids is 1. The first kappa shape index (κ1) is 10.5. The van der Waals surface area contributed by atoms with Crippen molar-refractivity contribution >= 4 is 22.9 Å². The van der Waals surface area contributed by atoms with Gasteiger partial charge in [0.1, 0.15) is 18.5 Å². The van der Waals surface area contributed by atoms with Crippen LogP contribution in [0.5, 0.6) is 0 Å². The Morgan fingerprint density at radius 1 is 1.50 bits per heavy atom. The summed E-state index contributed by atoms with van der Waals surface area (Å²) in [7, 11) is 0. The van der Waals surface area contributed by atoms with Crippen LogP contribution in [-0.4, -0.2) is 39.1 Å².